The van der Waals surface area contributed by atoms with Crippen LogP contribution in [0.4, 0.5) is 0 Å². The number of carbonyl (C=O) groups is 2. The molecule has 1 N–H and O–H groups in total. The van der Waals surface area contributed by atoms with Crippen molar-refractivity contribution in [3.05, 3.63) is 99.5 Å². The minimum atomic E-state index is -0.656. The van der Waals surface area contributed by atoms with E-state index in [1.807, 2.05) is 73.7 Å². The van der Waals surface area contributed by atoms with Crippen LogP contribution in [0.1, 0.15) is 67.7 Å². The van der Waals surface area contributed by atoms with Crippen molar-refractivity contribution in [2.45, 2.75) is 77.4 Å². The number of rotatable bonds is 11. The number of carbonyl (C=O) groups excluding carboxylic acids is 2. The Bertz CT molecular complexity index is 1250. The molecule has 0 bridgehead atoms. The van der Waals surface area contributed by atoms with Crippen LogP contribution in [-0.2, 0) is 22.6 Å². The maximum Gasteiger partial charge on any atom is 0.261 e. The summed E-state index contributed by atoms with van der Waals surface area (Å²) in [7, 11) is 0. The molecule has 0 aliphatic heterocycles. The molecule has 4 rings (SSSR count). The predicted octanol–water partition coefficient (Wildman–Crippen LogP) is 6.96. The van der Waals surface area contributed by atoms with E-state index in [4.69, 9.17) is 4.74 Å². The van der Waals surface area contributed by atoms with Gasteiger partial charge in [0, 0.05) is 19.0 Å². The lowest BCUT2D eigenvalue weighted by molar-refractivity contribution is -0.143. The average molecular weight is 592 g/mol. The highest BCUT2D eigenvalue weighted by Crippen LogP contribution is 2.29. The fourth-order valence-corrected chi connectivity index (χ4v) is 5.66. The molecule has 1 atom stereocenters. The van der Waals surface area contributed by atoms with Crippen molar-refractivity contribution in [1.82, 2.24) is 10.2 Å². The quantitative estimate of drug-likeness (QED) is 0.262. The van der Waals surface area contributed by atoms with Gasteiger partial charge in [-0.05, 0) is 70.4 Å². The van der Waals surface area contributed by atoms with Crippen LogP contribution in [0.15, 0.2) is 77.3 Å². The molecule has 1 aliphatic rings. The first kappa shape index (κ1) is 28.9. The Labute approximate surface area is 241 Å². The number of hydrogen-bond acceptors (Lipinski definition) is 3. The second kappa shape index (κ2) is 13.8. The maximum atomic E-state index is 13.9. The predicted molar refractivity (Wildman–Crippen MR) is 160 cm³/mol. The van der Waals surface area contributed by atoms with Gasteiger partial charge in [0.25, 0.3) is 5.91 Å². The number of ether oxygens (including phenoxy) is 1. The summed E-state index contributed by atoms with van der Waals surface area (Å²) in [6.07, 6.45) is 4.65. The zero-order valence-electron chi connectivity index (χ0n) is 23.2. The van der Waals surface area contributed by atoms with Gasteiger partial charge in [-0.1, -0.05) is 92.9 Å². The van der Waals surface area contributed by atoms with Gasteiger partial charge < -0.3 is 15.0 Å². The molecule has 206 valence electrons. The first-order valence-corrected chi connectivity index (χ1v) is 14.7. The van der Waals surface area contributed by atoms with Gasteiger partial charge in [0.05, 0.1) is 4.47 Å². The van der Waals surface area contributed by atoms with E-state index in [0.717, 1.165) is 46.8 Å². The van der Waals surface area contributed by atoms with Crippen molar-refractivity contribution in [2.75, 3.05) is 6.61 Å². The van der Waals surface area contributed by atoms with E-state index in [1.54, 1.807) is 4.90 Å². The minimum Gasteiger partial charge on any atom is -0.483 e. The van der Waals surface area contributed by atoms with Crippen LogP contribution in [-0.4, -0.2) is 35.4 Å². The zero-order valence-corrected chi connectivity index (χ0v) is 24.7. The second-order valence-electron chi connectivity index (χ2n) is 10.8. The Kier molecular flexibility index (Phi) is 10.2. The van der Waals surface area contributed by atoms with Gasteiger partial charge >= 0.3 is 0 Å². The molecule has 2 amide bonds. The van der Waals surface area contributed by atoms with Crippen LogP contribution in [0.3, 0.4) is 0 Å². The lowest BCUT2D eigenvalue weighted by Crippen LogP contribution is -2.53. The number of aryl methyl sites for hydroxylation is 1. The zero-order chi connectivity index (χ0) is 27.8. The van der Waals surface area contributed by atoms with Crippen LogP contribution >= 0.6 is 15.9 Å². The van der Waals surface area contributed by atoms with Crippen LogP contribution in [0.25, 0.3) is 0 Å². The monoisotopic (exact) mass is 590 g/mol. The van der Waals surface area contributed by atoms with E-state index in [1.165, 1.54) is 5.56 Å². The fraction of sp³-hybridized carbons (Fsp3) is 0.394. The third-order valence-electron chi connectivity index (χ3n) is 7.38. The van der Waals surface area contributed by atoms with Crippen molar-refractivity contribution in [3.63, 3.8) is 0 Å². The third-order valence-corrected chi connectivity index (χ3v) is 8.00. The molecule has 0 saturated heterocycles. The van der Waals surface area contributed by atoms with E-state index < -0.39 is 6.04 Å². The Morgan fingerprint density at radius 3 is 2.36 bits per heavy atom. The highest BCUT2D eigenvalue weighted by atomic mass is 79.9. The van der Waals surface area contributed by atoms with Gasteiger partial charge in [-0.2, -0.15) is 0 Å². The highest BCUT2D eigenvalue weighted by molar-refractivity contribution is 9.10. The summed E-state index contributed by atoms with van der Waals surface area (Å²) >= 11 is 3.60. The largest absolute Gasteiger partial charge is 0.483 e. The molecule has 0 spiro atoms. The molecule has 3 aromatic carbocycles. The van der Waals surface area contributed by atoms with Crippen molar-refractivity contribution in [3.8, 4) is 5.75 Å². The molecule has 0 aromatic heterocycles. The van der Waals surface area contributed by atoms with E-state index >= 15 is 0 Å². The Balaban J connectivity index is 1.61. The van der Waals surface area contributed by atoms with Crippen LogP contribution in [0.5, 0.6) is 5.75 Å². The molecule has 3 aromatic rings. The first-order chi connectivity index (χ1) is 18.8. The van der Waals surface area contributed by atoms with Gasteiger partial charge in [-0.25, -0.2) is 0 Å². The maximum absolute atomic E-state index is 13.9. The summed E-state index contributed by atoms with van der Waals surface area (Å²) < 4.78 is 6.83. The van der Waals surface area contributed by atoms with Crippen molar-refractivity contribution < 1.29 is 14.3 Å². The van der Waals surface area contributed by atoms with E-state index in [2.05, 4.69) is 41.2 Å². The van der Waals surface area contributed by atoms with Crippen LogP contribution in [0.2, 0.25) is 0 Å². The molecule has 6 heteroatoms. The summed E-state index contributed by atoms with van der Waals surface area (Å²) in [6, 6.07) is 23.5. The number of nitrogens with zero attached hydrogens (tertiary/aromatic N) is 1. The summed E-state index contributed by atoms with van der Waals surface area (Å²) in [4.78, 5) is 29.4. The topological polar surface area (TPSA) is 58.6 Å². The average Bonchev–Trinajstić information content (AvgIpc) is 3.43. The molecule has 1 saturated carbocycles. The summed E-state index contributed by atoms with van der Waals surface area (Å²) in [5, 5.41) is 3.25. The SMILES string of the molecule is Cc1cccc(CN(C(=O)COc2ccc(C(C)C)cc2Br)[C@H](Cc2ccccc2)C(=O)NC2CCCC2)c1. The van der Waals surface area contributed by atoms with E-state index in [0.29, 0.717) is 24.6 Å². The lowest BCUT2D eigenvalue weighted by atomic mass is 10.0. The molecule has 0 heterocycles. The van der Waals surface area contributed by atoms with Gasteiger partial charge in [-0.3, -0.25) is 9.59 Å². The molecule has 1 aliphatic carbocycles. The van der Waals surface area contributed by atoms with Crippen LogP contribution in [0, 0.1) is 6.92 Å². The Hall–Kier alpha value is -3.12. The smallest absolute Gasteiger partial charge is 0.261 e. The first-order valence-electron chi connectivity index (χ1n) is 13.9. The molecule has 5 nitrogen and oxygen atoms in total. The van der Waals surface area contributed by atoms with Crippen molar-refractivity contribution in [1.29, 1.82) is 0 Å². The number of benzene rings is 3. The molecular weight excluding hydrogens is 552 g/mol. The number of nitrogens with one attached hydrogen (secondary N) is 1. The Morgan fingerprint density at radius 1 is 0.974 bits per heavy atom. The Morgan fingerprint density at radius 2 is 1.69 bits per heavy atom. The standard InChI is InChI=1S/C33H39BrN2O3/c1-23(2)27-16-17-31(29(34)20-27)39-22-32(37)36(21-26-13-9-10-24(3)18-26)30(19-25-11-5-4-6-12-25)33(38)35-28-14-7-8-15-28/h4-6,9-13,16-18,20,23,28,30H,7-8,14-15,19,21-22H2,1-3H3,(H,35,38)/t30-/m1/s1. The normalized spacial score (nSPS) is 14.3. The minimum absolute atomic E-state index is 0.103. The number of hydrogen-bond donors (Lipinski definition) is 1. The summed E-state index contributed by atoms with van der Waals surface area (Å²) in [6.45, 7) is 6.47. The van der Waals surface area contributed by atoms with Crippen LogP contribution < -0.4 is 10.1 Å². The fourth-order valence-electron chi connectivity index (χ4n) is 5.14. The second-order valence-corrected chi connectivity index (χ2v) is 11.7. The molecule has 0 radical (unpaired) electrons. The molecule has 1 fully saturated rings. The number of amides is 2. The van der Waals surface area contributed by atoms with Crippen molar-refractivity contribution in [2.24, 2.45) is 0 Å². The molecule has 39 heavy (non-hydrogen) atoms. The molecule has 0 unspecified atom stereocenters. The van der Waals surface area contributed by atoms with E-state index in [-0.39, 0.29) is 24.5 Å². The number of halogens is 1. The summed E-state index contributed by atoms with van der Waals surface area (Å²) in [5.41, 5.74) is 4.30. The van der Waals surface area contributed by atoms with Gasteiger partial charge in [-0.15, -0.1) is 0 Å². The third kappa shape index (κ3) is 8.18. The van der Waals surface area contributed by atoms with E-state index in [9.17, 15) is 9.59 Å². The highest BCUT2D eigenvalue weighted by Gasteiger charge is 2.32. The van der Waals surface area contributed by atoms with Crippen molar-refractivity contribution >= 4 is 27.7 Å². The molecular formula is C33H39BrN2O3. The van der Waals surface area contributed by atoms with Gasteiger partial charge in [0.2, 0.25) is 5.91 Å². The summed E-state index contributed by atoms with van der Waals surface area (Å²) in [5.74, 6) is 0.672. The van der Waals surface area contributed by atoms with Gasteiger partial charge in [0.1, 0.15) is 11.8 Å². The van der Waals surface area contributed by atoms with Gasteiger partial charge in [0.15, 0.2) is 6.61 Å². The lowest BCUT2D eigenvalue weighted by Gasteiger charge is -2.32.